The largest absolute Gasteiger partial charge is 0.493 e. The molecule has 4 rings (SSSR count). The third kappa shape index (κ3) is 5.47. The summed E-state index contributed by atoms with van der Waals surface area (Å²) in [6, 6.07) is 18.6. The van der Waals surface area contributed by atoms with Crippen LogP contribution < -0.4 is 9.47 Å². The van der Waals surface area contributed by atoms with Crippen molar-refractivity contribution in [3.05, 3.63) is 91.1 Å². The van der Waals surface area contributed by atoms with Crippen molar-refractivity contribution in [2.45, 2.75) is 6.61 Å². The van der Waals surface area contributed by atoms with Gasteiger partial charge in [-0.15, -0.1) is 0 Å². The SMILES string of the molecule is COc1cc(/C=N\n2c(-c3ccccc3)n[nH]c2=S)cc(Br)c1OCc1ccc(Cl)cc1Cl. The Bertz CT molecular complexity index is 1370. The van der Waals surface area contributed by atoms with Crippen LogP contribution in [0.3, 0.4) is 0 Å². The average Bonchev–Trinajstić information content (AvgIpc) is 3.18. The van der Waals surface area contributed by atoms with Crippen LogP contribution in [-0.4, -0.2) is 28.2 Å². The van der Waals surface area contributed by atoms with Crippen molar-refractivity contribution in [3.8, 4) is 22.9 Å². The highest BCUT2D eigenvalue weighted by Gasteiger charge is 2.13. The highest BCUT2D eigenvalue weighted by Crippen LogP contribution is 2.37. The minimum Gasteiger partial charge on any atom is -0.493 e. The molecule has 10 heteroatoms. The number of nitrogens with one attached hydrogen (secondary N) is 1. The first-order valence-corrected chi connectivity index (χ1v) is 11.6. The van der Waals surface area contributed by atoms with Gasteiger partial charge in [-0.3, -0.25) is 0 Å². The Labute approximate surface area is 213 Å². The highest BCUT2D eigenvalue weighted by molar-refractivity contribution is 9.10. The second kappa shape index (κ2) is 10.5. The summed E-state index contributed by atoms with van der Waals surface area (Å²) in [5.41, 5.74) is 2.48. The molecule has 0 spiro atoms. The lowest BCUT2D eigenvalue weighted by Gasteiger charge is -2.14. The maximum Gasteiger partial charge on any atom is 0.216 e. The molecule has 0 saturated heterocycles. The van der Waals surface area contributed by atoms with Crippen LogP contribution in [0, 0.1) is 4.77 Å². The summed E-state index contributed by atoms with van der Waals surface area (Å²) in [5, 5.41) is 12.7. The molecule has 33 heavy (non-hydrogen) atoms. The number of benzene rings is 3. The lowest BCUT2D eigenvalue weighted by molar-refractivity contribution is 0.282. The van der Waals surface area contributed by atoms with E-state index in [0.29, 0.717) is 36.6 Å². The lowest BCUT2D eigenvalue weighted by atomic mass is 10.2. The van der Waals surface area contributed by atoms with E-state index in [1.165, 1.54) is 0 Å². The van der Waals surface area contributed by atoms with Gasteiger partial charge in [0.25, 0.3) is 0 Å². The van der Waals surface area contributed by atoms with E-state index in [1.807, 2.05) is 48.5 Å². The Morgan fingerprint density at radius 2 is 1.94 bits per heavy atom. The normalized spacial score (nSPS) is 11.2. The van der Waals surface area contributed by atoms with Crippen LogP contribution in [0.15, 0.2) is 70.2 Å². The van der Waals surface area contributed by atoms with E-state index in [-0.39, 0.29) is 6.61 Å². The quantitative estimate of drug-likeness (QED) is 0.191. The summed E-state index contributed by atoms with van der Waals surface area (Å²) in [4.78, 5) is 0. The zero-order valence-electron chi connectivity index (χ0n) is 17.3. The average molecular weight is 564 g/mol. The highest BCUT2D eigenvalue weighted by atomic mass is 79.9. The molecule has 0 radical (unpaired) electrons. The summed E-state index contributed by atoms with van der Waals surface area (Å²) in [6.45, 7) is 0.253. The molecule has 0 atom stereocenters. The predicted molar refractivity (Wildman–Crippen MR) is 137 cm³/mol. The van der Waals surface area contributed by atoms with Gasteiger partial charge in [0.2, 0.25) is 4.77 Å². The maximum absolute atomic E-state index is 6.25. The molecule has 1 heterocycles. The first kappa shape index (κ1) is 23.5. The zero-order chi connectivity index (χ0) is 23.4. The summed E-state index contributed by atoms with van der Waals surface area (Å²) in [6.07, 6.45) is 1.67. The molecule has 0 unspecified atom stereocenters. The van der Waals surface area contributed by atoms with E-state index in [1.54, 1.807) is 30.1 Å². The van der Waals surface area contributed by atoms with Crippen LogP contribution in [0.5, 0.6) is 11.5 Å². The fourth-order valence-electron chi connectivity index (χ4n) is 3.04. The summed E-state index contributed by atoms with van der Waals surface area (Å²) in [7, 11) is 1.57. The number of aromatic nitrogens is 3. The number of hydrogen-bond acceptors (Lipinski definition) is 5. The third-order valence-electron chi connectivity index (χ3n) is 4.64. The molecule has 1 aromatic heterocycles. The van der Waals surface area contributed by atoms with Crippen molar-refractivity contribution in [2.75, 3.05) is 7.11 Å². The first-order valence-electron chi connectivity index (χ1n) is 9.67. The first-order chi connectivity index (χ1) is 16.0. The van der Waals surface area contributed by atoms with Crippen molar-refractivity contribution < 1.29 is 9.47 Å². The molecule has 0 aliphatic carbocycles. The second-order valence-electron chi connectivity index (χ2n) is 6.83. The minimum atomic E-state index is 0.253. The van der Waals surface area contributed by atoms with Gasteiger partial charge < -0.3 is 9.47 Å². The van der Waals surface area contributed by atoms with Gasteiger partial charge in [-0.05, 0) is 58.0 Å². The van der Waals surface area contributed by atoms with Gasteiger partial charge in [0, 0.05) is 21.2 Å². The van der Waals surface area contributed by atoms with Crippen molar-refractivity contribution >= 4 is 57.6 Å². The lowest BCUT2D eigenvalue weighted by Crippen LogP contribution is -2.01. The van der Waals surface area contributed by atoms with E-state index in [0.717, 1.165) is 16.7 Å². The number of aromatic amines is 1. The smallest absolute Gasteiger partial charge is 0.216 e. The fraction of sp³-hybridized carbons (Fsp3) is 0.0870. The Kier molecular flexibility index (Phi) is 7.49. The molecule has 0 aliphatic rings. The number of halogens is 3. The Hall–Kier alpha value is -2.65. The molecule has 0 amide bonds. The standard InChI is InChI=1S/C23H17BrCl2N4O2S/c1-31-20-10-14(9-18(24)21(20)32-13-16-7-8-17(25)11-19(16)26)12-27-30-22(28-29-23(30)33)15-5-3-2-4-6-15/h2-12H,13H2,1H3,(H,29,33)/b27-12-. The predicted octanol–water partition coefficient (Wildman–Crippen LogP) is 7.15. The minimum absolute atomic E-state index is 0.253. The molecule has 4 aromatic rings. The molecular formula is C23H17BrCl2N4O2S. The van der Waals surface area contributed by atoms with Crippen molar-refractivity contribution in [2.24, 2.45) is 5.10 Å². The molecule has 168 valence electrons. The van der Waals surface area contributed by atoms with Crippen LogP contribution in [0.4, 0.5) is 0 Å². The summed E-state index contributed by atoms with van der Waals surface area (Å²) in [5.74, 6) is 1.70. The summed E-state index contributed by atoms with van der Waals surface area (Å²) < 4.78 is 14.2. The Morgan fingerprint density at radius 1 is 1.15 bits per heavy atom. The van der Waals surface area contributed by atoms with E-state index in [4.69, 9.17) is 44.9 Å². The van der Waals surface area contributed by atoms with Gasteiger partial charge in [0.1, 0.15) is 6.61 Å². The van der Waals surface area contributed by atoms with E-state index < -0.39 is 0 Å². The number of nitrogens with zero attached hydrogens (tertiary/aromatic N) is 3. The van der Waals surface area contributed by atoms with Crippen LogP contribution in [0.1, 0.15) is 11.1 Å². The van der Waals surface area contributed by atoms with Crippen molar-refractivity contribution in [1.29, 1.82) is 0 Å². The van der Waals surface area contributed by atoms with Crippen LogP contribution in [0.25, 0.3) is 11.4 Å². The van der Waals surface area contributed by atoms with E-state index in [9.17, 15) is 0 Å². The molecule has 0 fully saturated rings. The fourth-order valence-corrected chi connectivity index (χ4v) is 4.26. The number of rotatable bonds is 7. The van der Waals surface area contributed by atoms with Gasteiger partial charge in [0.15, 0.2) is 17.3 Å². The van der Waals surface area contributed by atoms with Gasteiger partial charge >= 0.3 is 0 Å². The van der Waals surface area contributed by atoms with E-state index in [2.05, 4.69) is 31.2 Å². The molecule has 6 nitrogen and oxygen atoms in total. The molecule has 1 N–H and O–H groups in total. The molecule has 0 aliphatic heterocycles. The molecular weight excluding hydrogens is 547 g/mol. The van der Waals surface area contributed by atoms with Crippen molar-refractivity contribution in [1.82, 2.24) is 14.9 Å². The number of methoxy groups -OCH3 is 1. The number of hydrogen-bond donors (Lipinski definition) is 1. The van der Waals surface area contributed by atoms with Crippen LogP contribution in [-0.2, 0) is 6.61 Å². The van der Waals surface area contributed by atoms with E-state index >= 15 is 0 Å². The van der Waals surface area contributed by atoms with Gasteiger partial charge in [-0.25, -0.2) is 5.10 Å². The van der Waals surface area contributed by atoms with Gasteiger partial charge in [0.05, 0.1) is 17.8 Å². The zero-order valence-corrected chi connectivity index (χ0v) is 21.2. The molecule has 0 bridgehead atoms. The Balaban J connectivity index is 1.59. The Morgan fingerprint density at radius 3 is 2.67 bits per heavy atom. The van der Waals surface area contributed by atoms with Gasteiger partial charge in [-0.1, -0.05) is 59.6 Å². The summed E-state index contributed by atoms with van der Waals surface area (Å²) >= 11 is 21.1. The maximum atomic E-state index is 6.25. The monoisotopic (exact) mass is 562 g/mol. The number of H-pyrrole nitrogens is 1. The topological polar surface area (TPSA) is 64.4 Å². The second-order valence-corrected chi connectivity index (χ2v) is 8.92. The van der Waals surface area contributed by atoms with Crippen LogP contribution >= 0.6 is 51.3 Å². The van der Waals surface area contributed by atoms with Gasteiger partial charge in [-0.2, -0.15) is 14.9 Å². The third-order valence-corrected chi connectivity index (χ3v) is 6.08. The van der Waals surface area contributed by atoms with Crippen LogP contribution in [0.2, 0.25) is 10.0 Å². The number of ether oxygens (including phenoxy) is 2. The molecule has 0 saturated carbocycles. The molecule has 3 aromatic carbocycles. The van der Waals surface area contributed by atoms with Crippen molar-refractivity contribution in [3.63, 3.8) is 0 Å².